The molecule has 0 amide bonds. The molecule has 112 valence electrons. The summed E-state index contributed by atoms with van der Waals surface area (Å²) in [6.07, 6.45) is 1.83. The van der Waals surface area contributed by atoms with Crippen molar-refractivity contribution in [2.75, 3.05) is 38.0 Å². The van der Waals surface area contributed by atoms with E-state index >= 15 is 0 Å². The van der Waals surface area contributed by atoms with Crippen molar-refractivity contribution in [3.63, 3.8) is 0 Å². The highest BCUT2D eigenvalue weighted by Gasteiger charge is 2.18. The number of H-pyrrole nitrogens is 1. The lowest BCUT2D eigenvalue weighted by Gasteiger charge is -2.24. The number of anilines is 2. The van der Waals surface area contributed by atoms with Crippen LogP contribution in [0.2, 0.25) is 0 Å². The number of nitrogens with zero attached hydrogens (tertiary/aromatic N) is 1. The second-order valence-corrected chi connectivity index (χ2v) is 4.72. The molecule has 8 nitrogen and oxygen atoms in total. The largest absolute Gasteiger partial charge is 0.383 e. The van der Waals surface area contributed by atoms with Crippen LogP contribution in [0.25, 0.3) is 0 Å². The normalized spacial score (nSPS) is 18.9. The molecule has 0 bridgehead atoms. The molecule has 2 heterocycles. The average Bonchev–Trinajstić information content (AvgIpc) is 2.44. The van der Waals surface area contributed by atoms with Crippen molar-refractivity contribution in [2.24, 2.45) is 0 Å². The summed E-state index contributed by atoms with van der Waals surface area (Å²) in [6.45, 7) is 1.88. The van der Waals surface area contributed by atoms with Gasteiger partial charge in [0.05, 0.1) is 19.8 Å². The minimum Gasteiger partial charge on any atom is -0.383 e. The van der Waals surface area contributed by atoms with Gasteiger partial charge in [-0.15, -0.1) is 0 Å². The van der Waals surface area contributed by atoms with E-state index in [0.29, 0.717) is 13.2 Å². The molecule has 1 aliphatic heterocycles. The van der Waals surface area contributed by atoms with E-state index in [-0.39, 0.29) is 24.1 Å². The summed E-state index contributed by atoms with van der Waals surface area (Å²) in [4.78, 5) is 25.9. The molecular formula is C12H20N4O4. The summed E-state index contributed by atoms with van der Waals surface area (Å²) in [7, 11) is 1.53. The number of hydrogen-bond donors (Lipinski definition) is 3. The molecule has 0 spiro atoms. The SMILES string of the molecule is COCCn1c(N)c(NC2CCCOC2)c(=O)[nH]c1=O. The third-order valence-electron chi connectivity index (χ3n) is 3.27. The predicted molar refractivity (Wildman–Crippen MR) is 75.1 cm³/mol. The smallest absolute Gasteiger partial charge is 0.330 e. The summed E-state index contributed by atoms with van der Waals surface area (Å²) >= 11 is 0. The van der Waals surface area contributed by atoms with Crippen LogP contribution in [0.5, 0.6) is 0 Å². The van der Waals surface area contributed by atoms with Gasteiger partial charge < -0.3 is 20.5 Å². The average molecular weight is 284 g/mol. The van der Waals surface area contributed by atoms with Crippen LogP contribution in [-0.4, -0.2) is 42.5 Å². The molecular weight excluding hydrogens is 264 g/mol. The number of hydrogen-bond acceptors (Lipinski definition) is 6. The Morgan fingerprint density at radius 1 is 1.55 bits per heavy atom. The van der Waals surface area contributed by atoms with Gasteiger partial charge in [0.2, 0.25) is 0 Å². The highest BCUT2D eigenvalue weighted by atomic mass is 16.5. The van der Waals surface area contributed by atoms with Crippen LogP contribution in [0.4, 0.5) is 11.5 Å². The fourth-order valence-electron chi connectivity index (χ4n) is 2.19. The van der Waals surface area contributed by atoms with Gasteiger partial charge in [0.1, 0.15) is 11.5 Å². The van der Waals surface area contributed by atoms with Crippen LogP contribution in [0.1, 0.15) is 12.8 Å². The molecule has 1 unspecified atom stereocenters. The minimum absolute atomic E-state index is 0.0283. The Morgan fingerprint density at radius 3 is 3.00 bits per heavy atom. The van der Waals surface area contributed by atoms with Gasteiger partial charge in [0.15, 0.2) is 0 Å². The second kappa shape index (κ2) is 6.58. The Bertz CT molecular complexity index is 560. The number of nitrogens with one attached hydrogen (secondary N) is 2. The van der Waals surface area contributed by atoms with Gasteiger partial charge in [-0.3, -0.25) is 14.3 Å². The van der Waals surface area contributed by atoms with Crippen molar-refractivity contribution in [1.82, 2.24) is 9.55 Å². The molecule has 1 aromatic heterocycles. The monoisotopic (exact) mass is 284 g/mol. The number of aromatic amines is 1. The second-order valence-electron chi connectivity index (χ2n) is 4.72. The van der Waals surface area contributed by atoms with Gasteiger partial charge in [-0.2, -0.15) is 0 Å². The number of nitrogens with two attached hydrogens (primary N) is 1. The maximum atomic E-state index is 11.9. The zero-order chi connectivity index (χ0) is 14.5. The number of rotatable bonds is 5. The van der Waals surface area contributed by atoms with Crippen LogP contribution in [0.3, 0.4) is 0 Å². The maximum absolute atomic E-state index is 11.9. The molecule has 1 aliphatic rings. The molecule has 8 heteroatoms. The van der Waals surface area contributed by atoms with E-state index in [2.05, 4.69) is 10.3 Å². The summed E-state index contributed by atoms with van der Waals surface area (Å²) in [5.41, 5.74) is 5.11. The Balaban J connectivity index is 2.26. The molecule has 0 saturated carbocycles. The molecule has 0 aromatic carbocycles. The Morgan fingerprint density at radius 2 is 2.35 bits per heavy atom. The topological polar surface area (TPSA) is 111 Å². The van der Waals surface area contributed by atoms with Gasteiger partial charge in [-0.25, -0.2) is 4.79 Å². The maximum Gasteiger partial charge on any atom is 0.330 e. The molecule has 20 heavy (non-hydrogen) atoms. The van der Waals surface area contributed by atoms with E-state index in [1.165, 1.54) is 11.7 Å². The third kappa shape index (κ3) is 3.20. The lowest BCUT2D eigenvalue weighted by Crippen LogP contribution is -2.38. The first-order valence-electron chi connectivity index (χ1n) is 6.59. The molecule has 0 radical (unpaired) electrons. The van der Waals surface area contributed by atoms with Gasteiger partial charge in [0, 0.05) is 19.8 Å². The van der Waals surface area contributed by atoms with Crippen LogP contribution < -0.4 is 22.3 Å². The van der Waals surface area contributed by atoms with E-state index in [1.807, 2.05) is 0 Å². The van der Waals surface area contributed by atoms with Crippen molar-refractivity contribution < 1.29 is 9.47 Å². The number of methoxy groups -OCH3 is 1. The van der Waals surface area contributed by atoms with Crippen molar-refractivity contribution in [3.05, 3.63) is 20.8 Å². The zero-order valence-electron chi connectivity index (χ0n) is 11.5. The first-order valence-corrected chi connectivity index (χ1v) is 6.59. The molecule has 1 aromatic rings. The molecule has 1 saturated heterocycles. The highest BCUT2D eigenvalue weighted by Crippen LogP contribution is 2.15. The predicted octanol–water partition coefficient (Wildman–Crippen LogP) is -0.644. The molecule has 0 aliphatic carbocycles. The summed E-state index contributed by atoms with van der Waals surface area (Å²) < 4.78 is 11.6. The van der Waals surface area contributed by atoms with E-state index in [1.54, 1.807) is 0 Å². The van der Waals surface area contributed by atoms with Crippen molar-refractivity contribution in [3.8, 4) is 0 Å². The van der Waals surface area contributed by atoms with Crippen molar-refractivity contribution >= 4 is 11.5 Å². The van der Waals surface area contributed by atoms with E-state index < -0.39 is 11.2 Å². The van der Waals surface area contributed by atoms with E-state index in [4.69, 9.17) is 15.2 Å². The first-order chi connectivity index (χ1) is 9.63. The van der Waals surface area contributed by atoms with E-state index in [0.717, 1.165) is 19.4 Å². The van der Waals surface area contributed by atoms with Crippen molar-refractivity contribution in [2.45, 2.75) is 25.4 Å². The first kappa shape index (κ1) is 14.6. The lowest BCUT2D eigenvalue weighted by atomic mass is 10.1. The molecule has 1 fully saturated rings. The third-order valence-corrected chi connectivity index (χ3v) is 3.27. The highest BCUT2D eigenvalue weighted by molar-refractivity contribution is 5.60. The van der Waals surface area contributed by atoms with Crippen LogP contribution in [-0.2, 0) is 16.0 Å². The minimum atomic E-state index is -0.532. The Kier molecular flexibility index (Phi) is 4.80. The van der Waals surface area contributed by atoms with Gasteiger partial charge in [-0.1, -0.05) is 0 Å². The standard InChI is InChI=1S/C12H20N4O4/c1-19-6-4-16-10(13)9(11(17)15-12(16)18)14-8-3-2-5-20-7-8/h8,14H,2-7,13H2,1H3,(H,15,17,18). The Labute approximate surface area is 115 Å². The van der Waals surface area contributed by atoms with Crippen LogP contribution in [0, 0.1) is 0 Å². The van der Waals surface area contributed by atoms with Gasteiger partial charge in [0.25, 0.3) is 5.56 Å². The lowest BCUT2D eigenvalue weighted by molar-refractivity contribution is 0.0876. The quantitative estimate of drug-likeness (QED) is 0.663. The van der Waals surface area contributed by atoms with Crippen molar-refractivity contribution in [1.29, 1.82) is 0 Å². The summed E-state index contributed by atoms with van der Waals surface area (Å²) in [5.74, 6) is 0.126. The van der Waals surface area contributed by atoms with Gasteiger partial charge in [-0.05, 0) is 12.8 Å². The Hall–Kier alpha value is -1.80. The van der Waals surface area contributed by atoms with Gasteiger partial charge >= 0.3 is 5.69 Å². The summed E-state index contributed by atoms with van der Waals surface area (Å²) in [5, 5.41) is 3.07. The fraction of sp³-hybridized carbons (Fsp3) is 0.667. The fourth-order valence-corrected chi connectivity index (χ4v) is 2.19. The zero-order valence-corrected chi connectivity index (χ0v) is 11.5. The van der Waals surface area contributed by atoms with Crippen LogP contribution >= 0.6 is 0 Å². The molecule has 2 rings (SSSR count). The number of aromatic nitrogens is 2. The van der Waals surface area contributed by atoms with Crippen LogP contribution in [0.15, 0.2) is 9.59 Å². The molecule has 4 N–H and O–H groups in total. The number of nitrogen functional groups attached to an aromatic ring is 1. The number of ether oxygens (including phenoxy) is 2. The van der Waals surface area contributed by atoms with E-state index in [9.17, 15) is 9.59 Å². The summed E-state index contributed by atoms with van der Waals surface area (Å²) in [6, 6.07) is 0.0283. The molecule has 1 atom stereocenters.